The van der Waals surface area contributed by atoms with Crippen molar-refractivity contribution in [3.8, 4) is 6.07 Å². The molecule has 2 aromatic heterocycles. The first-order valence-corrected chi connectivity index (χ1v) is 4.20. The molecule has 12 heavy (non-hydrogen) atoms. The van der Waals surface area contributed by atoms with E-state index in [1.54, 1.807) is 6.07 Å². The first kappa shape index (κ1) is 7.07. The number of aromatic nitrogens is 1. The topological polar surface area (TPSA) is 56.6 Å². The molecule has 0 spiro atoms. The zero-order chi connectivity index (χ0) is 8.55. The van der Waals surface area contributed by atoms with E-state index in [0.29, 0.717) is 0 Å². The zero-order valence-corrected chi connectivity index (χ0v) is 6.81. The summed E-state index contributed by atoms with van der Waals surface area (Å²) in [6.45, 7) is 0. The van der Waals surface area contributed by atoms with Gasteiger partial charge in [-0.05, 0) is 17.5 Å². The molecule has 4 heteroatoms. The van der Waals surface area contributed by atoms with Gasteiger partial charge < -0.3 is 4.98 Å². The highest BCUT2D eigenvalue weighted by atomic mass is 32.1. The number of fused-ring (bicyclic) bond motifs is 1. The molecule has 0 amide bonds. The summed E-state index contributed by atoms with van der Waals surface area (Å²) in [5.41, 5.74) is 0.650. The maximum atomic E-state index is 11.1. The Morgan fingerprint density at radius 3 is 3.17 bits per heavy atom. The molecule has 0 aliphatic heterocycles. The summed E-state index contributed by atoms with van der Waals surface area (Å²) in [6, 6.07) is 5.27. The molecular weight excluding hydrogens is 172 g/mol. The molecule has 0 saturated carbocycles. The van der Waals surface area contributed by atoms with Crippen LogP contribution in [0.2, 0.25) is 0 Å². The fraction of sp³-hybridized carbons (Fsp3) is 0. The van der Waals surface area contributed by atoms with Gasteiger partial charge in [-0.25, -0.2) is 0 Å². The number of pyridine rings is 1. The number of H-pyrrole nitrogens is 1. The Hall–Kier alpha value is -1.60. The molecule has 0 atom stereocenters. The third kappa shape index (κ3) is 0.917. The maximum absolute atomic E-state index is 11.1. The lowest BCUT2D eigenvalue weighted by atomic mass is 10.3. The number of hydrogen-bond acceptors (Lipinski definition) is 3. The Morgan fingerprint density at radius 2 is 2.42 bits per heavy atom. The first-order chi connectivity index (χ1) is 5.81. The minimum atomic E-state index is -0.316. The van der Waals surface area contributed by atoms with Gasteiger partial charge in [0.1, 0.15) is 11.6 Å². The summed E-state index contributed by atoms with van der Waals surface area (Å²) in [5, 5.41) is 10.4. The summed E-state index contributed by atoms with van der Waals surface area (Å²) < 4.78 is 0.936. The minimum absolute atomic E-state index is 0.171. The molecule has 0 aliphatic carbocycles. The van der Waals surface area contributed by atoms with Gasteiger partial charge in [0, 0.05) is 0 Å². The number of nitrogens with one attached hydrogen (secondary N) is 1. The summed E-state index contributed by atoms with van der Waals surface area (Å²) in [7, 11) is 0. The molecule has 0 fully saturated rings. The second kappa shape index (κ2) is 2.47. The minimum Gasteiger partial charge on any atom is -0.320 e. The highest BCUT2D eigenvalue weighted by Crippen LogP contribution is 2.16. The van der Waals surface area contributed by atoms with Crippen molar-refractivity contribution in [2.45, 2.75) is 0 Å². The average molecular weight is 176 g/mol. The van der Waals surface area contributed by atoms with Crippen molar-refractivity contribution in [3.63, 3.8) is 0 Å². The number of aromatic amines is 1. The molecule has 0 aliphatic rings. The van der Waals surface area contributed by atoms with E-state index >= 15 is 0 Å². The van der Waals surface area contributed by atoms with E-state index in [2.05, 4.69) is 4.98 Å². The Bertz CT molecular complexity index is 518. The standard InChI is InChI=1S/C8H4N2OS/c9-4-5-3-7-6(1-2-12-7)10-8(5)11/h1-3H,(H,10,11). The van der Waals surface area contributed by atoms with Gasteiger partial charge in [0.15, 0.2) is 0 Å². The van der Waals surface area contributed by atoms with Crippen LogP contribution in [0.1, 0.15) is 5.56 Å². The number of thiophene rings is 1. The highest BCUT2D eigenvalue weighted by Gasteiger charge is 2.01. The second-order valence-electron chi connectivity index (χ2n) is 2.32. The first-order valence-electron chi connectivity index (χ1n) is 3.32. The van der Waals surface area contributed by atoms with Gasteiger partial charge in [-0.15, -0.1) is 11.3 Å². The molecule has 58 valence electrons. The summed E-state index contributed by atoms with van der Waals surface area (Å²) >= 11 is 1.50. The van der Waals surface area contributed by atoms with Crippen molar-refractivity contribution >= 4 is 21.6 Å². The van der Waals surface area contributed by atoms with Crippen LogP contribution < -0.4 is 5.56 Å². The van der Waals surface area contributed by atoms with Crippen molar-refractivity contribution in [1.29, 1.82) is 5.26 Å². The Balaban J connectivity index is 2.93. The van der Waals surface area contributed by atoms with Crippen molar-refractivity contribution in [2.75, 3.05) is 0 Å². The van der Waals surface area contributed by atoms with Crippen LogP contribution in [-0.2, 0) is 0 Å². The van der Waals surface area contributed by atoms with Gasteiger partial charge in [0.05, 0.1) is 10.2 Å². The maximum Gasteiger partial charge on any atom is 0.266 e. The Labute approximate surface area is 71.9 Å². The summed E-state index contributed by atoms with van der Waals surface area (Å²) in [5.74, 6) is 0. The van der Waals surface area contributed by atoms with E-state index < -0.39 is 0 Å². The third-order valence-electron chi connectivity index (χ3n) is 1.58. The quantitative estimate of drug-likeness (QED) is 0.660. The predicted octanol–water partition coefficient (Wildman–Crippen LogP) is 1.46. The lowest BCUT2D eigenvalue weighted by Crippen LogP contribution is -2.08. The Morgan fingerprint density at radius 1 is 1.58 bits per heavy atom. The summed E-state index contributed by atoms with van der Waals surface area (Å²) in [4.78, 5) is 13.7. The van der Waals surface area contributed by atoms with Gasteiger partial charge in [-0.2, -0.15) is 5.26 Å². The van der Waals surface area contributed by atoms with Crippen LogP contribution in [0.4, 0.5) is 0 Å². The lowest BCUT2D eigenvalue weighted by molar-refractivity contribution is 1.28. The molecule has 0 aromatic carbocycles. The van der Waals surface area contributed by atoms with Crippen LogP contribution in [0.25, 0.3) is 10.2 Å². The van der Waals surface area contributed by atoms with Crippen LogP contribution in [-0.4, -0.2) is 4.98 Å². The Kier molecular flexibility index (Phi) is 1.45. The SMILES string of the molecule is N#Cc1cc2sccc2[nH]c1=O. The summed E-state index contributed by atoms with van der Waals surface area (Å²) in [6.07, 6.45) is 0. The number of nitriles is 1. The van der Waals surface area contributed by atoms with Gasteiger partial charge in [0.2, 0.25) is 0 Å². The fourth-order valence-corrected chi connectivity index (χ4v) is 1.79. The zero-order valence-electron chi connectivity index (χ0n) is 6.00. The molecule has 2 aromatic rings. The molecular formula is C8H4N2OS. The van der Waals surface area contributed by atoms with Crippen molar-refractivity contribution < 1.29 is 0 Å². The van der Waals surface area contributed by atoms with Crippen molar-refractivity contribution in [3.05, 3.63) is 33.4 Å². The lowest BCUT2D eigenvalue weighted by Gasteiger charge is -1.88. The second-order valence-corrected chi connectivity index (χ2v) is 3.27. The fourth-order valence-electron chi connectivity index (χ4n) is 1.01. The molecule has 0 saturated heterocycles. The van der Waals surface area contributed by atoms with Gasteiger partial charge in [-0.3, -0.25) is 4.79 Å². The third-order valence-corrected chi connectivity index (χ3v) is 2.45. The average Bonchev–Trinajstić information content (AvgIpc) is 2.49. The van der Waals surface area contributed by atoms with E-state index in [9.17, 15) is 4.79 Å². The van der Waals surface area contributed by atoms with Gasteiger partial charge >= 0.3 is 0 Å². The normalized spacial score (nSPS) is 9.92. The number of nitrogens with zero attached hydrogens (tertiary/aromatic N) is 1. The molecule has 2 heterocycles. The number of hydrogen-bond donors (Lipinski definition) is 1. The van der Waals surface area contributed by atoms with E-state index in [1.165, 1.54) is 11.3 Å². The molecule has 0 bridgehead atoms. The molecule has 2 rings (SSSR count). The molecule has 0 radical (unpaired) electrons. The molecule has 1 N–H and O–H groups in total. The number of rotatable bonds is 0. The predicted molar refractivity (Wildman–Crippen MR) is 47.2 cm³/mol. The van der Waals surface area contributed by atoms with Crippen LogP contribution >= 0.6 is 11.3 Å². The molecule has 3 nitrogen and oxygen atoms in total. The van der Waals surface area contributed by atoms with Crippen LogP contribution in [0.3, 0.4) is 0 Å². The molecule has 0 unspecified atom stereocenters. The van der Waals surface area contributed by atoms with E-state index in [-0.39, 0.29) is 11.1 Å². The largest absolute Gasteiger partial charge is 0.320 e. The smallest absolute Gasteiger partial charge is 0.266 e. The van der Waals surface area contributed by atoms with Crippen LogP contribution in [0, 0.1) is 11.3 Å². The van der Waals surface area contributed by atoms with E-state index in [0.717, 1.165) is 10.2 Å². The van der Waals surface area contributed by atoms with Gasteiger partial charge in [-0.1, -0.05) is 0 Å². The monoisotopic (exact) mass is 176 g/mol. The van der Waals surface area contributed by atoms with E-state index in [1.807, 2.05) is 17.5 Å². The van der Waals surface area contributed by atoms with Crippen molar-refractivity contribution in [2.24, 2.45) is 0 Å². The van der Waals surface area contributed by atoms with Crippen molar-refractivity contribution in [1.82, 2.24) is 4.98 Å². The van der Waals surface area contributed by atoms with Crippen LogP contribution in [0.5, 0.6) is 0 Å². The van der Waals surface area contributed by atoms with Gasteiger partial charge in [0.25, 0.3) is 5.56 Å². The highest BCUT2D eigenvalue weighted by molar-refractivity contribution is 7.17. The van der Waals surface area contributed by atoms with E-state index in [4.69, 9.17) is 5.26 Å². The van der Waals surface area contributed by atoms with Crippen LogP contribution in [0.15, 0.2) is 22.3 Å².